The number of benzene rings is 2. The largest absolute Gasteiger partial charge is 0.507 e. The van der Waals surface area contributed by atoms with Gasteiger partial charge in [0.05, 0.1) is 5.69 Å². The van der Waals surface area contributed by atoms with Crippen molar-refractivity contribution in [2.45, 2.75) is 6.92 Å². The molecule has 2 aromatic heterocycles. The van der Waals surface area contributed by atoms with Crippen LogP contribution in [0.5, 0.6) is 11.5 Å². The molecule has 0 bridgehead atoms. The molecule has 4 aromatic rings. The highest BCUT2D eigenvalue weighted by molar-refractivity contribution is 5.85. The maximum Gasteiger partial charge on any atom is 0.157 e. The molecule has 5 heteroatoms. The summed E-state index contributed by atoms with van der Waals surface area (Å²) in [4.78, 5) is 12.4. The van der Waals surface area contributed by atoms with E-state index in [0.29, 0.717) is 28.3 Å². The lowest BCUT2D eigenvalue weighted by Crippen LogP contribution is -1.89. The number of hydrogen-bond donors (Lipinski definition) is 3. The molecule has 128 valence electrons. The van der Waals surface area contributed by atoms with Gasteiger partial charge < -0.3 is 15.2 Å². The molecule has 0 saturated carbocycles. The number of rotatable bonds is 3. The summed E-state index contributed by atoms with van der Waals surface area (Å²) in [5.74, 6) is 0.844. The van der Waals surface area contributed by atoms with E-state index in [1.54, 1.807) is 42.6 Å². The highest BCUT2D eigenvalue weighted by atomic mass is 16.3. The van der Waals surface area contributed by atoms with Gasteiger partial charge in [0.2, 0.25) is 0 Å². The normalized spacial score (nSPS) is 10.8. The van der Waals surface area contributed by atoms with Crippen LogP contribution in [-0.4, -0.2) is 25.2 Å². The summed E-state index contributed by atoms with van der Waals surface area (Å²) >= 11 is 0. The molecule has 0 aliphatic rings. The van der Waals surface area contributed by atoms with Gasteiger partial charge in [-0.05, 0) is 42.8 Å². The zero-order chi connectivity index (χ0) is 18.1. The molecule has 4 rings (SSSR count). The van der Waals surface area contributed by atoms with Gasteiger partial charge in [-0.3, -0.25) is 4.98 Å². The third-order valence-corrected chi connectivity index (χ3v) is 4.27. The van der Waals surface area contributed by atoms with E-state index < -0.39 is 0 Å². The number of nitrogens with one attached hydrogen (secondary N) is 1. The minimum Gasteiger partial charge on any atom is -0.507 e. The molecule has 0 fully saturated rings. The smallest absolute Gasteiger partial charge is 0.157 e. The Bertz CT molecular complexity index is 1020. The van der Waals surface area contributed by atoms with Crippen LogP contribution in [0.1, 0.15) is 5.56 Å². The first-order chi connectivity index (χ1) is 12.6. The average molecular weight is 343 g/mol. The van der Waals surface area contributed by atoms with Crippen LogP contribution < -0.4 is 0 Å². The minimum absolute atomic E-state index is 0.125. The maximum atomic E-state index is 10.3. The van der Waals surface area contributed by atoms with Gasteiger partial charge in [0, 0.05) is 17.3 Å². The van der Waals surface area contributed by atoms with E-state index in [4.69, 9.17) is 4.98 Å². The number of hydrogen-bond acceptors (Lipinski definition) is 4. The Kier molecular flexibility index (Phi) is 3.89. The molecule has 5 nitrogen and oxygen atoms in total. The topological polar surface area (TPSA) is 82.0 Å². The van der Waals surface area contributed by atoms with E-state index in [-0.39, 0.29) is 11.5 Å². The van der Waals surface area contributed by atoms with Crippen LogP contribution in [0.4, 0.5) is 0 Å². The number of H-pyrrole nitrogens is 1. The Morgan fingerprint density at radius 2 is 1.42 bits per heavy atom. The van der Waals surface area contributed by atoms with Crippen LogP contribution in [0.25, 0.3) is 34.0 Å². The summed E-state index contributed by atoms with van der Waals surface area (Å²) < 4.78 is 0. The molecule has 0 radical (unpaired) electrons. The quantitative estimate of drug-likeness (QED) is 0.510. The summed E-state index contributed by atoms with van der Waals surface area (Å²) in [6.45, 7) is 1.96. The van der Waals surface area contributed by atoms with Crippen molar-refractivity contribution in [3.63, 3.8) is 0 Å². The van der Waals surface area contributed by atoms with Gasteiger partial charge in [0.15, 0.2) is 5.82 Å². The number of nitrogens with zero attached hydrogens (tertiary/aromatic N) is 2. The summed E-state index contributed by atoms with van der Waals surface area (Å²) in [5.41, 5.74) is 4.09. The number of pyridine rings is 1. The Hall–Kier alpha value is -3.60. The molecule has 2 heterocycles. The van der Waals surface area contributed by atoms with Crippen molar-refractivity contribution in [1.29, 1.82) is 0 Å². The summed E-state index contributed by atoms with van der Waals surface area (Å²) in [5, 5.41) is 20.6. The standard InChI is InChI=1S/C21H17N3O2/c1-13-7-6-12-22-18(13)21-23-19(14-8-2-4-10-16(14)25)20(24-21)15-9-3-5-11-17(15)26/h2-12,25-26H,1H3,(H,23,24). The SMILES string of the molecule is Cc1cccnc1-c1nc(-c2ccccc2O)c(-c2ccccc2O)[nH]1. The zero-order valence-electron chi connectivity index (χ0n) is 14.1. The molecule has 0 aliphatic heterocycles. The number of phenols is 2. The predicted molar refractivity (Wildman–Crippen MR) is 101 cm³/mol. The number of aromatic hydroxyl groups is 2. The molecule has 0 amide bonds. The molecule has 0 spiro atoms. The molecule has 0 unspecified atom stereocenters. The Morgan fingerprint density at radius 1 is 0.769 bits per heavy atom. The Morgan fingerprint density at radius 3 is 2.08 bits per heavy atom. The van der Waals surface area contributed by atoms with Crippen molar-refractivity contribution < 1.29 is 10.2 Å². The van der Waals surface area contributed by atoms with Crippen molar-refractivity contribution in [3.8, 4) is 45.5 Å². The van der Waals surface area contributed by atoms with Gasteiger partial charge in [-0.2, -0.15) is 0 Å². The zero-order valence-corrected chi connectivity index (χ0v) is 14.1. The molecule has 0 atom stereocenters. The second-order valence-corrected chi connectivity index (χ2v) is 6.01. The van der Waals surface area contributed by atoms with Gasteiger partial charge in [-0.1, -0.05) is 30.3 Å². The lowest BCUT2D eigenvalue weighted by atomic mass is 10.0. The van der Waals surface area contributed by atoms with Gasteiger partial charge in [-0.25, -0.2) is 4.98 Å². The summed E-state index contributed by atoms with van der Waals surface area (Å²) in [7, 11) is 0. The third kappa shape index (κ3) is 2.69. The Labute approximate surface area is 150 Å². The lowest BCUT2D eigenvalue weighted by molar-refractivity contribution is 0.476. The van der Waals surface area contributed by atoms with Crippen LogP contribution >= 0.6 is 0 Å². The predicted octanol–water partition coefficient (Wildman–Crippen LogP) is 4.53. The molecule has 0 aliphatic carbocycles. The minimum atomic E-state index is 0.125. The van der Waals surface area contributed by atoms with E-state index in [2.05, 4.69) is 9.97 Å². The van der Waals surface area contributed by atoms with Gasteiger partial charge >= 0.3 is 0 Å². The van der Waals surface area contributed by atoms with Gasteiger partial charge in [0.1, 0.15) is 22.9 Å². The number of aromatic amines is 1. The van der Waals surface area contributed by atoms with Crippen LogP contribution in [-0.2, 0) is 0 Å². The second-order valence-electron chi connectivity index (χ2n) is 6.01. The Balaban J connectivity index is 1.99. The summed E-state index contributed by atoms with van der Waals surface area (Å²) in [6.07, 6.45) is 1.71. The molecule has 3 N–H and O–H groups in total. The van der Waals surface area contributed by atoms with Crippen LogP contribution in [0.15, 0.2) is 66.9 Å². The van der Waals surface area contributed by atoms with Crippen LogP contribution in [0.3, 0.4) is 0 Å². The van der Waals surface area contributed by atoms with E-state index in [0.717, 1.165) is 11.3 Å². The molecular weight excluding hydrogens is 326 g/mol. The van der Waals surface area contributed by atoms with E-state index in [1.165, 1.54) is 0 Å². The first-order valence-corrected chi connectivity index (χ1v) is 8.24. The molecule has 26 heavy (non-hydrogen) atoms. The van der Waals surface area contributed by atoms with Gasteiger partial charge in [-0.15, -0.1) is 0 Å². The highest BCUT2D eigenvalue weighted by Gasteiger charge is 2.20. The first-order valence-electron chi connectivity index (χ1n) is 8.24. The van der Waals surface area contributed by atoms with Crippen molar-refractivity contribution in [2.24, 2.45) is 0 Å². The van der Waals surface area contributed by atoms with E-state index >= 15 is 0 Å². The third-order valence-electron chi connectivity index (χ3n) is 4.27. The number of phenolic OH excluding ortho intramolecular Hbond substituents is 2. The molecule has 2 aromatic carbocycles. The van der Waals surface area contributed by atoms with E-state index in [9.17, 15) is 10.2 Å². The van der Waals surface area contributed by atoms with Gasteiger partial charge in [0.25, 0.3) is 0 Å². The number of aryl methyl sites for hydroxylation is 1. The van der Waals surface area contributed by atoms with Crippen LogP contribution in [0, 0.1) is 6.92 Å². The number of aromatic nitrogens is 3. The van der Waals surface area contributed by atoms with Crippen molar-refractivity contribution in [3.05, 3.63) is 72.4 Å². The monoisotopic (exact) mass is 343 g/mol. The lowest BCUT2D eigenvalue weighted by Gasteiger charge is -2.06. The fraction of sp³-hybridized carbons (Fsp3) is 0.0476. The van der Waals surface area contributed by atoms with E-state index in [1.807, 2.05) is 31.2 Å². The first kappa shape index (κ1) is 15.9. The number of para-hydroxylation sites is 2. The molecule has 0 saturated heterocycles. The van der Waals surface area contributed by atoms with Crippen molar-refractivity contribution >= 4 is 0 Å². The highest BCUT2D eigenvalue weighted by Crippen LogP contribution is 2.39. The average Bonchev–Trinajstić information content (AvgIpc) is 3.07. The fourth-order valence-electron chi connectivity index (χ4n) is 2.97. The molecular formula is C21H17N3O2. The second kappa shape index (κ2) is 6.37. The number of imidazole rings is 1. The van der Waals surface area contributed by atoms with Crippen molar-refractivity contribution in [1.82, 2.24) is 15.0 Å². The van der Waals surface area contributed by atoms with Crippen molar-refractivity contribution in [2.75, 3.05) is 0 Å². The van der Waals surface area contributed by atoms with Crippen LogP contribution in [0.2, 0.25) is 0 Å². The maximum absolute atomic E-state index is 10.3. The fourth-order valence-corrected chi connectivity index (χ4v) is 2.97. The summed E-state index contributed by atoms with van der Waals surface area (Å²) in [6, 6.07) is 17.9.